The molecule has 5 heterocycles. The van der Waals surface area contributed by atoms with Crippen molar-refractivity contribution in [1.29, 1.82) is 0 Å². The Kier molecular flexibility index (Phi) is 17.1. The number of aliphatic hydroxyl groups is 1. The number of amides is 3. The first-order valence-corrected chi connectivity index (χ1v) is 27.0. The molecule has 3 amide bonds. The highest BCUT2D eigenvalue weighted by Gasteiger charge is 2.46. The fourth-order valence-electron chi connectivity index (χ4n) is 11.0. The number of nitrogens with one attached hydrogen (secondary N) is 1. The van der Waals surface area contributed by atoms with Gasteiger partial charge in [0.2, 0.25) is 5.91 Å². The molecular weight excluding hydrogens is 1010 g/mol. The van der Waals surface area contributed by atoms with Crippen molar-refractivity contribution < 1.29 is 33.6 Å². The number of amidine groups is 1. The van der Waals surface area contributed by atoms with Crippen molar-refractivity contribution in [2.45, 2.75) is 57.1 Å². The molecule has 5 atom stereocenters. The molecule has 0 bridgehead atoms. The zero-order chi connectivity index (χ0) is 53.4. The molecule has 0 aliphatic carbocycles. The molecule has 1 aromatic heterocycles. The van der Waals surface area contributed by atoms with Crippen LogP contribution in [-0.2, 0) is 20.8 Å². The number of anilines is 1. The van der Waals surface area contributed by atoms with Crippen molar-refractivity contribution >= 4 is 46.7 Å². The molecule has 2 saturated heterocycles. The van der Waals surface area contributed by atoms with Crippen molar-refractivity contribution in [2.24, 2.45) is 10.9 Å². The Labute approximate surface area is 460 Å². The van der Waals surface area contributed by atoms with Crippen molar-refractivity contribution in [3.8, 4) is 34.5 Å². The van der Waals surface area contributed by atoms with Gasteiger partial charge in [-0.3, -0.25) is 24.6 Å². The first kappa shape index (κ1) is 53.4. The monoisotopic (exact) mass is 1080 g/mol. The van der Waals surface area contributed by atoms with E-state index in [1.165, 1.54) is 11.1 Å². The van der Waals surface area contributed by atoms with Crippen LogP contribution in [0.25, 0.3) is 11.1 Å². The number of ether oxygens (including phenoxy) is 4. The number of benzene rings is 5. The van der Waals surface area contributed by atoms with Gasteiger partial charge in [-0.2, -0.15) is 0 Å². The minimum Gasteiger partial charge on any atom is -0.497 e. The van der Waals surface area contributed by atoms with Gasteiger partial charge in [0.1, 0.15) is 36.5 Å². The Bertz CT molecular complexity index is 3130. The number of carbonyl (C=O) groups excluding carboxylic acids is 2. The fraction of sp³-hybridized carbons (Fsp3) is 0.344. The number of hydrogen-bond acceptors (Lipinski definition) is 11. The van der Waals surface area contributed by atoms with Crippen LogP contribution in [0.3, 0.4) is 0 Å². The summed E-state index contributed by atoms with van der Waals surface area (Å²) in [6.45, 7) is 7.89. The van der Waals surface area contributed by atoms with Crippen molar-refractivity contribution in [3.05, 3.63) is 177 Å². The average Bonchev–Trinajstić information content (AvgIpc) is 4.23. The van der Waals surface area contributed by atoms with Crippen LogP contribution in [-0.4, -0.2) is 132 Å². The molecule has 398 valence electrons. The number of nitrogens with zero attached hydrogens (tertiary/aromatic N) is 6. The zero-order valence-corrected chi connectivity index (χ0v) is 45.0. The lowest BCUT2D eigenvalue weighted by Gasteiger charge is -2.39. The Morgan fingerprint density at radius 3 is 2.32 bits per heavy atom. The number of carbonyl (C=O) groups is 2. The second kappa shape index (κ2) is 24.6. The number of fused-ring (bicyclic) bond motifs is 3. The molecule has 0 radical (unpaired) electrons. The SMILES string of the molecule is COc1ccc(C2=N[C@H](c3ccc(Cl)cc3)[C@H](c3ccc(Cl)cc3)N2C(=O)N2CCN(CCOCCOCC#Cc3cccc(-c4ccc5c(c4)[C@H]4[C@H](CCN4Cc4ccncc4)[C@@H](CO)N5)c3)C(=O)C2)c(OC(C)C)c1. The summed E-state index contributed by atoms with van der Waals surface area (Å²) in [6, 6.07) is 38.0. The smallest absolute Gasteiger partial charge is 0.326 e. The molecule has 14 nitrogen and oxygen atoms in total. The highest BCUT2D eigenvalue weighted by molar-refractivity contribution is 6.30. The molecule has 0 unspecified atom stereocenters. The highest BCUT2D eigenvalue weighted by atomic mass is 35.5. The van der Waals surface area contributed by atoms with E-state index in [0.717, 1.165) is 53.0 Å². The maximum Gasteiger partial charge on any atom is 0.326 e. The van der Waals surface area contributed by atoms with E-state index in [1.807, 2.05) is 86.9 Å². The van der Waals surface area contributed by atoms with Crippen LogP contribution in [0.15, 0.2) is 139 Å². The Morgan fingerprint density at radius 2 is 1.58 bits per heavy atom. The van der Waals surface area contributed by atoms with Crippen LogP contribution in [0.4, 0.5) is 10.5 Å². The first-order valence-electron chi connectivity index (χ1n) is 26.2. The van der Waals surface area contributed by atoms with Gasteiger partial charge in [0, 0.05) is 77.9 Å². The van der Waals surface area contributed by atoms with E-state index in [0.29, 0.717) is 78.3 Å². The number of methoxy groups -OCH3 is 1. The molecule has 16 heteroatoms. The Balaban J connectivity index is 0.734. The van der Waals surface area contributed by atoms with Gasteiger partial charge < -0.3 is 39.2 Å². The van der Waals surface area contributed by atoms with Crippen LogP contribution in [0.1, 0.15) is 71.8 Å². The third-order valence-corrected chi connectivity index (χ3v) is 15.2. The number of piperazine rings is 1. The second-order valence-electron chi connectivity index (χ2n) is 19.9. The third-order valence-electron chi connectivity index (χ3n) is 14.7. The highest BCUT2D eigenvalue weighted by Crippen LogP contribution is 2.49. The topological polar surface area (TPSA) is 142 Å². The van der Waals surface area contributed by atoms with Crippen LogP contribution in [0, 0.1) is 17.8 Å². The van der Waals surface area contributed by atoms with Gasteiger partial charge in [-0.25, -0.2) is 4.79 Å². The number of halogens is 2. The number of aromatic nitrogens is 1. The molecule has 5 aromatic carbocycles. The van der Waals surface area contributed by atoms with Crippen LogP contribution in [0.5, 0.6) is 11.5 Å². The van der Waals surface area contributed by atoms with Crippen molar-refractivity contribution in [3.63, 3.8) is 0 Å². The van der Waals surface area contributed by atoms with E-state index in [9.17, 15) is 9.90 Å². The first-order chi connectivity index (χ1) is 37.5. The molecule has 0 spiro atoms. The summed E-state index contributed by atoms with van der Waals surface area (Å²) in [5.41, 5.74) is 8.93. The summed E-state index contributed by atoms with van der Waals surface area (Å²) in [7, 11) is 1.59. The summed E-state index contributed by atoms with van der Waals surface area (Å²) < 4.78 is 23.6. The van der Waals surface area contributed by atoms with Crippen molar-refractivity contribution in [2.75, 3.05) is 78.2 Å². The second-order valence-corrected chi connectivity index (χ2v) is 20.8. The molecule has 2 N–H and O–H groups in total. The summed E-state index contributed by atoms with van der Waals surface area (Å²) in [5, 5.41) is 15.1. The van der Waals surface area contributed by atoms with E-state index in [4.69, 9.17) is 47.1 Å². The molecule has 4 aliphatic heterocycles. The van der Waals surface area contributed by atoms with Crippen LogP contribution in [0.2, 0.25) is 10.0 Å². The maximum absolute atomic E-state index is 15.1. The Morgan fingerprint density at radius 1 is 0.831 bits per heavy atom. The number of rotatable bonds is 17. The largest absolute Gasteiger partial charge is 0.497 e. The normalized spacial score (nSPS) is 20.0. The van der Waals surface area contributed by atoms with E-state index in [1.54, 1.807) is 40.0 Å². The van der Waals surface area contributed by atoms with Crippen LogP contribution >= 0.6 is 23.2 Å². The lowest BCUT2D eigenvalue weighted by atomic mass is 9.82. The zero-order valence-electron chi connectivity index (χ0n) is 43.5. The summed E-state index contributed by atoms with van der Waals surface area (Å²) in [6.07, 6.45) is 4.52. The molecule has 10 rings (SSSR count). The number of hydrogen-bond donors (Lipinski definition) is 2. The molecular formula is C61H63Cl2N7O7. The predicted octanol–water partition coefficient (Wildman–Crippen LogP) is 10.1. The van der Waals surface area contributed by atoms with Gasteiger partial charge in [0.05, 0.1) is 57.3 Å². The quantitative estimate of drug-likeness (QED) is 0.0670. The molecule has 4 aliphatic rings. The van der Waals surface area contributed by atoms with Gasteiger partial charge in [0.15, 0.2) is 0 Å². The third kappa shape index (κ3) is 12.3. The van der Waals surface area contributed by atoms with Gasteiger partial charge in [-0.05, 0) is 133 Å². The molecule has 0 saturated carbocycles. The van der Waals surface area contributed by atoms with E-state index in [2.05, 4.69) is 69.5 Å². The Hall–Kier alpha value is -6.96. The predicted molar refractivity (Wildman–Crippen MR) is 299 cm³/mol. The molecule has 6 aromatic rings. The summed E-state index contributed by atoms with van der Waals surface area (Å²) in [5.74, 6) is 8.04. The van der Waals surface area contributed by atoms with Crippen molar-refractivity contribution in [1.82, 2.24) is 24.6 Å². The van der Waals surface area contributed by atoms with E-state index >= 15 is 4.79 Å². The van der Waals surface area contributed by atoms with Gasteiger partial charge in [0.25, 0.3) is 0 Å². The van der Waals surface area contributed by atoms with Gasteiger partial charge >= 0.3 is 6.03 Å². The minimum atomic E-state index is -0.603. The number of urea groups is 1. The lowest BCUT2D eigenvalue weighted by Crippen LogP contribution is -2.56. The van der Waals surface area contributed by atoms with E-state index in [-0.39, 0.29) is 49.9 Å². The van der Waals surface area contributed by atoms with Gasteiger partial charge in [-0.15, -0.1) is 0 Å². The van der Waals surface area contributed by atoms with Crippen LogP contribution < -0.4 is 14.8 Å². The standard InChI is InChI=1S/C61H63Cl2N7O7/c1-40(2)77-55-36-49(74-3)18-19-51(55)60-66-57(43-9-14-47(62)15-10-43)58(44-11-16-48(63)17-12-44)70(60)61(73)69-28-27-67(56(72)38-69)29-31-76-33-32-75-30-5-7-41-6-4-8-45(34-41)46-13-20-53-52(35-46)59-50(54(39-71)65-53)23-26-68(59)37-42-21-24-64-25-22-42/h4,6,8-22,24-25,34-36,40,50,54,57-59,65,71H,23,26-33,37-39H2,1-3H3/t50-,54-,57-,58+,59-/m1/s1. The summed E-state index contributed by atoms with van der Waals surface area (Å²) in [4.78, 5) is 45.9. The fourth-order valence-corrected chi connectivity index (χ4v) is 11.2. The number of aliphatic imine (C=N–C) groups is 1. The lowest BCUT2D eigenvalue weighted by molar-refractivity contribution is -0.135. The summed E-state index contributed by atoms with van der Waals surface area (Å²) >= 11 is 12.7. The van der Waals surface area contributed by atoms with Gasteiger partial charge in [-0.1, -0.05) is 77.5 Å². The maximum atomic E-state index is 15.1. The number of aliphatic hydroxyl groups excluding tert-OH is 1. The van der Waals surface area contributed by atoms with E-state index < -0.39 is 12.1 Å². The minimum absolute atomic E-state index is 0.0126. The number of likely N-dealkylation sites (tertiary alicyclic amines) is 1. The molecule has 77 heavy (non-hydrogen) atoms. The average molecular weight is 1080 g/mol. The molecule has 2 fully saturated rings. The number of pyridine rings is 1.